The highest BCUT2D eigenvalue weighted by molar-refractivity contribution is 5.73. The van der Waals surface area contributed by atoms with Crippen molar-refractivity contribution in [1.82, 2.24) is 4.98 Å². The predicted octanol–water partition coefficient (Wildman–Crippen LogP) is 3.49. The monoisotopic (exact) mass is 252 g/mol. The van der Waals surface area contributed by atoms with E-state index in [0.29, 0.717) is 0 Å². The summed E-state index contributed by atoms with van der Waals surface area (Å²) in [6, 6.07) is 13.6. The van der Waals surface area contributed by atoms with Gasteiger partial charge in [-0.2, -0.15) is 0 Å². The highest BCUT2D eigenvalue weighted by Crippen LogP contribution is 2.27. The molecule has 96 valence electrons. The summed E-state index contributed by atoms with van der Waals surface area (Å²) in [5, 5.41) is 0. The van der Waals surface area contributed by atoms with Crippen LogP contribution in [0.2, 0.25) is 0 Å². The Labute approximate surface area is 112 Å². The maximum absolute atomic E-state index is 6.30. The summed E-state index contributed by atoms with van der Waals surface area (Å²) in [4.78, 5) is 4.45. The lowest BCUT2D eigenvalue weighted by Crippen LogP contribution is -2.12. The Bertz CT molecular complexity index is 730. The zero-order chi connectivity index (χ0) is 13.4. The molecule has 0 bridgehead atoms. The minimum absolute atomic E-state index is 0.254. The van der Waals surface area contributed by atoms with Crippen molar-refractivity contribution in [2.24, 2.45) is 5.73 Å². The number of aromatic nitrogens is 1. The number of rotatable bonds is 2. The third-order valence-electron chi connectivity index (χ3n) is 3.36. The Kier molecular flexibility index (Phi) is 2.84. The van der Waals surface area contributed by atoms with Gasteiger partial charge in [-0.05, 0) is 37.1 Å². The second kappa shape index (κ2) is 4.52. The number of aryl methyl sites for hydroxylation is 2. The first-order valence-electron chi connectivity index (χ1n) is 6.33. The molecule has 0 saturated heterocycles. The van der Waals surface area contributed by atoms with Gasteiger partial charge in [-0.15, -0.1) is 0 Å². The highest BCUT2D eigenvalue weighted by Gasteiger charge is 2.16. The smallest absolute Gasteiger partial charge is 0.152 e. The van der Waals surface area contributed by atoms with Crippen molar-refractivity contribution < 1.29 is 4.42 Å². The number of benzene rings is 1. The molecule has 3 rings (SSSR count). The summed E-state index contributed by atoms with van der Waals surface area (Å²) in [6.07, 6.45) is 0. The fourth-order valence-electron chi connectivity index (χ4n) is 2.29. The molecule has 1 unspecified atom stereocenters. The molecule has 0 saturated carbocycles. The van der Waals surface area contributed by atoms with Crippen molar-refractivity contribution in [3.8, 4) is 0 Å². The van der Waals surface area contributed by atoms with E-state index in [2.05, 4.69) is 18.0 Å². The molecule has 0 amide bonds. The van der Waals surface area contributed by atoms with E-state index in [9.17, 15) is 0 Å². The number of nitrogens with zero attached hydrogens (tertiary/aromatic N) is 1. The number of hydrogen-bond donors (Lipinski definition) is 1. The Morgan fingerprint density at radius 3 is 2.68 bits per heavy atom. The summed E-state index contributed by atoms with van der Waals surface area (Å²) in [7, 11) is 0. The van der Waals surface area contributed by atoms with Crippen LogP contribution >= 0.6 is 0 Å². The molecule has 0 aliphatic carbocycles. The van der Waals surface area contributed by atoms with E-state index < -0.39 is 0 Å². The van der Waals surface area contributed by atoms with Crippen molar-refractivity contribution in [3.05, 3.63) is 65.0 Å². The van der Waals surface area contributed by atoms with Crippen LogP contribution in [0.3, 0.4) is 0 Å². The van der Waals surface area contributed by atoms with Gasteiger partial charge < -0.3 is 10.2 Å². The summed E-state index contributed by atoms with van der Waals surface area (Å²) in [5.74, 6) is 0.752. The van der Waals surface area contributed by atoms with Crippen LogP contribution < -0.4 is 5.73 Å². The van der Waals surface area contributed by atoms with Crippen LogP contribution in [0, 0.1) is 13.8 Å². The van der Waals surface area contributed by atoms with Gasteiger partial charge in [0.15, 0.2) is 5.58 Å². The van der Waals surface area contributed by atoms with Gasteiger partial charge >= 0.3 is 0 Å². The number of nitrogens with two attached hydrogens (primary N) is 1. The van der Waals surface area contributed by atoms with Gasteiger partial charge in [0.2, 0.25) is 0 Å². The molecule has 3 nitrogen and oxygen atoms in total. The van der Waals surface area contributed by atoms with Crippen LogP contribution in [0.5, 0.6) is 0 Å². The van der Waals surface area contributed by atoms with Crippen LogP contribution in [0.15, 0.2) is 46.9 Å². The molecule has 1 aromatic carbocycles. The Morgan fingerprint density at radius 2 is 1.89 bits per heavy atom. The van der Waals surface area contributed by atoms with Crippen molar-refractivity contribution >= 4 is 11.1 Å². The van der Waals surface area contributed by atoms with E-state index in [1.165, 1.54) is 5.56 Å². The fraction of sp³-hybridized carbons (Fsp3) is 0.188. The fourth-order valence-corrected chi connectivity index (χ4v) is 2.29. The SMILES string of the molecule is Cc1ccc2oc(C(N)c3ccccc3C)cc2n1. The minimum atomic E-state index is -0.254. The normalized spacial score (nSPS) is 12.8. The van der Waals surface area contributed by atoms with Crippen LogP contribution in [0.1, 0.15) is 28.6 Å². The molecule has 19 heavy (non-hydrogen) atoms. The molecular formula is C16H16N2O. The lowest BCUT2D eigenvalue weighted by atomic mass is 10.0. The maximum Gasteiger partial charge on any atom is 0.152 e. The van der Waals surface area contributed by atoms with E-state index in [0.717, 1.165) is 28.1 Å². The summed E-state index contributed by atoms with van der Waals surface area (Å²) < 4.78 is 5.81. The second-order valence-corrected chi connectivity index (χ2v) is 4.82. The van der Waals surface area contributed by atoms with E-state index in [1.54, 1.807) is 0 Å². The van der Waals surface area contributed by atoms with Gasteiger partial charge in [-0.25, -0.2) is 4.98 Å². The molecule has 2 N–H and O–H groups in total. The largest absolute Gasteiger partial charge is 0.457 e. The van der Waals surface area contributed by atoms with Crippen LogP contribution in [0.4, 0.5) is 0 Å². The third-order valence-corrected chi connectivity index (χ3v) is 3.36. The molecule has 0 aliphatic rings. The van der Waals surface area contributed by atoms with Gasteiger partial charge in [-0.1, -0.05) is 24.3 Å². The number of hydrogen-bond acceptors (Lipinski definition) is 3. The first kappa shape index (κ1) is 11.9. The maximum atomic E-state index is 6.30. The van der Waals surface area contributed by atoms with Gasteiger partial charge in [0.25, 0.3) is 0 Å². The molecule has 3 heteroatoms. The molecular weight excluding hydrogens is 236 g/mol. The van der Waals surface area contributed by atoms with Gasteiger partial charge in [0, 0.05) is 11.8 Å². The molecule has 2 aromatic heterocycles. The van der Waals surface area contributed by atoms with Crippen LogP contribution in [0.25, 0.3) is 11.1 Å². The first-order valence-corrected chi connectivity index (χ1v) is 6.33. The quantitative estimate of drug-likeness (QED) is 0.759. The van der Waals surface area contributed by atoms with E-state index in [1.807, 2.05) is 43.3 Å². The molecule has 3 aromatic rings. The summed E-state index contributed by atoms with van der Waals surface area (Å²) in [5.41, 5.74) is 11.2. The first-order chi connectivity index (χ1) is 9.15. The van der Waals surface area contributed by atoms with E-state index in [-0.39, 0.29) is 6.04 Å². The average molecular weight is 252 g/mol. The second-order valence-electron chi connectivity index (χ2n) is 4.82. The van der Waals surface area contributed by atoms with Gasteiger partial charge in [0.05, 0.1) is 6.04 Å². The standard InChI is InChI=1S/C16H16N2O/c1-10-5-3-4-6-12(10)16(17)15-9-13-14(19-15)8-7-11(2)18-13/h3-9,16H,17H2,1-2H3. The van der Waals surface area contributed by atoms with Crippen LogP contribution in [-0.4, -0.2) is 4.98 Å². The van der Waals surface area contributed by atoms with Crippen molar-refractivity contribution in [2.75, 3.05) is 0 Å². The Hall–Kier alpha value is -2.13. The minimum Gasteiger partial charge on any atom is -0.457 e. The topological polar surface area (TPSA) is 52.0 Å². The molecule has 0 fully saturated rings. The van der Waals surface area contributed by atoms with Crippen molar-refractivity contribution in [2.45, 2.75) is 19.9 Å². The summed E-state index contributed by atoms with van der Waals surface area (Å²) in [6.45, 7) is 4.02. The number of furan rings is 1. The van der Waals surface area contributed by atoms with E-state index >= 15 is 0 Å². The molecule has 1 atom stereocenters. The molecule has 0 spiro atoms. The van der Waals surface area contributed by atoms with Crippen molar-refractivity contribution in [1.29, 1.82) is 0 Å². The number of fused-ring (bicyclic) bond motifs is 1. The lowest BCUT2D eigenvalue weighted by Gasteiger charge is -2.11. The zero-order valence-electron chi connectivity index (χ0n) is 11.1. The predicted molar refractivity (Wildman–Crippen MR) is 76.0 cm³/mol. The third kappa shape index (κ3) is 2.13. The lowest BCUT2D eigenvalue weighted by molar-refractivity contribution is 0.524. The summed E-state index contributed by atoms with van der Waals surface area (Å²) >= 11 is 0. The van der Waals surface area contributed by atoms with Gasteiger partial charge in [0.1, 0.15) is 11.3 Å². The van der Waals surface area contributed by atoms with Gasteiger partial charge in [-0.3, -0.25) is 0 Å². The number of pyridine rings is 1. The zero-order valence-corrected chi connectivity index (χ0v) is 11.1. The van der Waals surface area contributed by atoms with Crippen molar-refractivity contribution in [3.63, 3.8) is 0 Å². The average Bonchev–Trinajstić information content (AvgIpc) is 2.81. The molecule has 2 heterocycles. The molecule has 0 aliphatic heterocycles. The Balaban J connectivity index is 2.07. The van der Waals surface area contributed by atoms with E-state index in [4.69, 9.17) is 10.2 Å². The highest BCUT2D eigenvalue weighted by atomic mass is 16.3. The van der Waals surface area contributed by atoms with Crippen LogP contribution in [-0.2, 0) is 0 Å². The molecule has 0 radical (unpaired) electrons. The Morgan fingerprint density at radius 1 is 1.11 bits per heavy atom.